The van der Waals surface area contributed by atoms with Crippen LogP contribution >= 0.6 is 0 Å². The molecule has 2 aromatic rings. The quantitative estimate of drug-likeness (QED) is 0.878. The fraction of sp³-hybridized carbons (Fsp3) is 0.375. The van der Waals surface area contributed by atoms with Crippen LogP contribution in [-0.2, 0) is 19.5 Å². The lowest BCUT2D eigenvalue weighted by Crippen LogP contribution is -2.26. The molecule has 0 saturated heterocycles. The van der Waals surface area contributed by atoms with Crippen LogP contribution in [0.15, 0.2) is 36.8 Å². The Hall–Kier alpha value is -2.14. The molecule has 2 N–H and O–H groups in total. The standard InChI is InChI=1S/C16H22N4O/c1-3-13-4-6-14(7-5-13)10-19(2)16(21)15-11-20(9-8-17)12-18-15/h4-7,11-12H,3,8-10,17H2,1-2H3. The molecule has 0 radical (unpaired) electrons. The highest BCUT2D eigenvalue weighted by Gasteiger charge is 2.14. The van der Waals surface area contributed by atoms with Gasteiger partial charge in [0.25, 0.3) is 5.91 Å². The van der Waals surface area contributed by atoms with E-state index in [1.165, 1.54) is 5.56 Å². The van der Waals surface area contributed by atoms with E-state index in [0.29, 0.717) is 25.3 Å². The van der Waals surface area contributed by atoms with E-state index in [1.54, 1.807) is 24.5 Å². The summed E-state index contributed by atoms with van der Waals surface area (Å²) in [5.41, 5.74) is 8.36. The SMILES string of the molecule is CCc1ccc(CN(C)C(=O)c2cn(CCN)cn2)cc1. The van der Waals surface area contributed by atoms with E-state index < -0.39 is 0 Å². The summed E-state index contributed by atoms with van der Waals surface area (Å²) in [7, 11) is 1.79. The molecule has 1 aromatic heterocycles. The normalized spacial score (nSPS) is 10.6. The van der Waals surface area contributed by atoms with Gasteiger partial charge in [-0.2, -0.15) is 0 Å². The molecule has 2 rings (SSSR count). The first kappa shape index (κ1) is 15.3. The topological polar surface area (TPSA) is 64.2 Å². The van der Waals surface area contributed by atoms with Gasteiger partial charge in [-0.05, 0) is 17.5 Å². The van der Waals surface area contributed by atoms with Crippen molar-refractivity contribution in [2.45, 2.75) is 26.4 Å². The van der Waals surface area contributed by atoms with E-state index in [0.717, 1.165) is 12.0 Å². The molecular weight excluding hydrogens is 264 g/mol. The number of hydrogen-bond acceptors (Lipinski definition) is 3. The van der Waals surface area contributed by atoms with Gasteiger partial charge >= 0.3 is 0 Å². The number of carbonyl (C=O) groups excluding carboxylic acids is 1. The van der Waals surface area contributed by atoms with E-state index in [1.807, 2.05) is 4.57 Å². The van der Waals surface area contributed by atoms with E-state index in [9.17, 15) is 4.79 Å². The van der Waals surface area contributed by atoms with Crippen LogP contribution in [0, 0.1) is 0 Å². The summed E-state index contributed by atoms with van der Waals surface area (Å²) in [6.07, 6.45) is 4.41. The van der Waals surface area contributed by atoms with Crippen LogP contribution in [0.3, 0.4) is 0 Å². The number of aryl methyl sites for hydroxylation is 1. The number of benzene rings is 1. The maximum absolute atomic E-state index is 12.3. The minimum absolute atomic E-state index is 0.0784. The minimum Gasteiger partial charge on any atom is -0.336 e. The number of nitrogens with two attached hydrogens (primary N) is 1. The molecular formula is C16H22N4O. The summed E-state index contributed by atoms with van der Waals surface area (Å²) in [6.45, 7) is 3.90. The fourth-order valence-electron chi connectivity index (χ4n) is 2.16. The first-order valence-corrected chi connectivity index (χ1v) is 7.19. The van der Waals surface area contributed by atoms with E-state index in [2.05, 4.69) is 36.2 Å². The molecule has 0 atom stereocenters. The third kappa shape index (κ3) is 3.92. The second kappa shape index (κ2) is 7.04. The molecule has 0 spiro atoms. The molecule has 1 amide bonds. The lowest BCUT2D eigenvalue weighted by Gasteiger charge is -2.16. The van der Waals surface area contributed by atoms with Crippen molar-refractivity contribution in [3.8, 4) is 0 Å². The van der Waals surface area contributed by atoms with Gasteiger partial charge in [0.1, 0.15) is 5.69 Å². The Kier molecular flexibility index (Phi) is 5.11. The zero-order chi connectivity index (χ0) is 15.2. The van der Waals surface area contributed by atoms with Crippen molar-refractivity contribution in [3.63, 3.8) is 0 Å². The van der Waals surface area contributed by atoms with Crippen molar-refractivity contribution >= 4 is 5.91 Å². The molecule has 1 heterocycles. The van der Waals surface area contributed by atoms with Gasteiger partial charge in [0.2, 0.25) is 0 Å². The number of nitrogens with zero attached hydrogens (tertiary/aromatic N) is 3. The minimum atomic E-state index is -0.0784. The summed E-state index contributed by atoms with van der Waals surface area (Å²) in [6, 6.07) is 8.33. The zero-order valence-electron chi connectivity index (χ0n) is 12.6. The third-order valence-electron chi connectivity index (χ3n) is 3.44. The Balaban J connectivity index is 2.00. The van der Waals surface area contributed by atoms with Crippen LogP contribution < -0.4 is 5.73 Å². The van der Waals surface area contributed by atoms with Gasteiger partial charge in [0, 0.05) is 32.9 Å². The highest BCUT2D eigenvalue weighted by atomic mass is 16.2. The Bertz CT molecular complexity index is 589. The van der Waals surface area contributed by atoms with Gasteiger partial charge in [0.15, 0.2) is 0 Å². The van der Waals surface area contributed by atoms with Crippen molar-refractivity contribution in [2.24, 2.45) is 5.73 Å². The smallest absolute Gasteiger partial charge is 0.274 e. The molecule has 1 aromatic carbocycles. The van der Waals surface area contributed by atoms with Gasteiger partial charge in [-0.15, -0.1) is 0 Å². The first-order valence-electron chi connectivity index (χ1n) is 7.19. The van der Waals surface area contributed by atoms with Crippen LogP contribution in [0.25, 0.3) is 0 Å². The summed E-state index contributed by atoms with van der Waals surface area (Å²) in [5, 5.41) is 0. The maximum Gasteiger partial charge on any atom is 0.274 e. The largest absolute Gasteiger partial charge is 0.336 e. The molecule has 0 fully saturated rings. The van der Waals surface area contributed by atoms with Crippen LogP contribution in [0.1, 0.15) is 28.5 Å². The number of hydrogen-bond donors (Lipinski definition) is 1. The molecule has 5 heteroatoms. The van der Waals surface area contributed by atoms with Gasteiger partial charge in [-0.25, -0.2) is 4.98 Å². The Labute approximate surface area is 125 Å². The van der Waals surface area contributed by atoms with Crippen molar-refractivity contribution in [3.05, 3.63) is 53.6 Å². The first-order chi connectivity index (χ1) is 10.1. The van der Waals surface area contributed by atoms with Crippen LogP contribution in [0.2, 0.25) is 0 Å². The number of aromatic nitrogens is 2. The number of rotatable bonds is 6. The predicted molar refractivity (Wildman–Crippen MR) is 82.9 cm³/mol. The van der Waals surface area contributed by atoms with Crippen LogP contribution in [0.4, 0.5) is 0 Å². The number of amides is 1. The van der Waals surface area contributed by atoms with Crippen molar-refractivity contribution in [1.29, 1.82) is 0 Å². The maximum atomic E-state index is 12.3. The Morgan fingerprint density at radius 1 is 1.29 bits per heavy atom. The van der Waals surface area contributed by atoms with Crippen LogP contribution in [0.5, 0.6) is 0 Å². The summed E-state index contributed by atoms with van der Waals surface area (Å²) >= 11 is 0. The van der Waals surface area contributed by atoms with Crippen molar-refractivity contribution in [1.82, 2.24) is 14.5 Å². The molecule has 0 aliphatic rings. The van der Waals surface area contributed by atoms with Gasteiger partial charge in [0.05, 0.1) is 6.33 Å². The molecule has 0 aliphatic carbocycles. The number of carbonyl (C=O) groups is 1. The average Bonchev–Trinajstić information content (AvgIpc) is 2.96. The zero-order valence-corrected chi connectivity index (χ0v) is 12.6. The van der Waals surface area contributed by atoms with Crippen LogP contribution in [-0.4, -0.2) is 34.0 Å². The lowest BCUT2D eigenvalue weighted by atomic mass is 10.1. The molecule has 0 aliphatic heterocycles. The summed E-state index contributed by atoms with van der Waals surface area (Å²) in [5.74, 6) is -0.0784. The molecule has 5 nitrogen and oxygen atoms in total. The second-order valence-corrected chi connectivity index (χ2v) is 5.12. The van der Waals surface area contributed by atoms with E-state index >= 15 is 0 Å². The van der Waals surface area contributed by atoms with Gasteiger partial charge < -0.3 is 15.2 Å². The lowest BCUT2D eigenvalue weighted by molar-refractivity contribution is 0.0779. The van der Waals surface area contributed by atoms with Gasteiger partial charge in [-0.1, -0.05) is 31.2 Å². The summed E-state index contributed by atoms with van der Waals surface area (Å²) < 4.78 is 1.83. The predicted octanol–water partition coefficient (Wildman–Crippen LogP) is 1.68. The second-order valence-electron chi connectivity index (χ2n) is 5.12. The monoisotopic (exact) mass is 286 g/mol. The third-order valence-corrected chi connectivity index (χ3v) is 3.44. The number of imidazole rings is 1. The molecule has 112 valence electrons. The highest BCUT2D eigenvalue weighted by Crippen LogP contribution is 2.09. The summed E-state index contributed by atoms with van der Waals surface area (Å²) in [4.78, 5) is 18.1. The molecule has 0 bridgehead atoms. The molecule has 0 unspecified atom stereocenters. The highest BCUT2D eigenvalue weighted by molar-refractivity contribution is 5.91. The van der Waals surface area contributed by atoms with E-state index in [4.69, 9.17) is 5.73 Å². The fourth-order valence-corrected chi connectivity index (χ4v) is 2.16. The van der Waals surface area contributed by atoms with Crippen molar-refractivity contribution < 1.29 is 4.79 Å². The van der Waals surface area contributed by atoms with E-state index in [-0.39, 0.29) is 5.91 Å². The van der Waals surface area contributed by atoms with Crippen molar-refractivity contribution in [2.75, 3.05) is 13.6 Å². The molecule has 0 saturated carbocycles. The Morgan fingerprint density at radius 2 is 1.95 bits per heavy atom. The molecule has 21 heavy (non-hydrogen) atoms. The average molecular weight is 286 g/mol. The van der Waals surface area contributed by atoms with Gasteiger partial charge in [-0.3, -0.25) is 4.79 Å². The Morgan fingerprint density at radius 3 is 2.57 bits per heavy atom.